The van der Waals surface area contributed by atoms with E-state index in [0.29, 0.717) is 5.70 Å². The Labute approximate surface area is 79.2 Å². The fourth-order valence-corrected chi connectivity index (χ4v) is 1.24. The first-order chi connectivity index (χ1) is 6.09. The summed E-state index contributed by atoms with van der Waals surface area (Å²) in [5.74, 6) is 0. The van der Waals surface area contributed by atoms with Crippen molar-refractivity contribution in [2.75, 3.05) is 5.73 Å². The first kappa shape index (κ1) is 9.65. The normalized spacial score (nSPS) is 9.92. The van der Waals surface area contributed by atoms with Crippen LogP contribution >= 0.6 is 0 Å². The lowest BCUT2D eigenvalue weighted by Gasteiger charge is -2.05. The molecule has 0 radical (unpaired) electrons. The molecule has 0 saturated heterocycles. The van der Waals surface area contributed by atoms with Crippen LogP contribution in [0.2, 0.25) is 0 Å². The van der Waals surface area contributed by atoms with Crippen LogP contribution in [0.25, 0.3) is 0 Å². The van der Waals surface area contributed by atoms with Crippen LogP contribution in [0, 0.1) is 6.92 Å². The van der Waals surface area contributed by atoms with Crippen molar-refractivity contribution in [3.05, 3.63) is 41.6 Å². The largest absolute Gasteiger partial charge is 0.403 e. The van der Waals surface area contributed by atoms with Crippen molar-refractivity contribution < 1.29 is 0 Å². The van der Waals surface area contributed by atoms with Crippen LogP contribution in [0.3, 0.4) is 0 Å². The molecule has 0 aromatic heterocycles. The summed E-state index contributed by atoms with van der Waals surface area (Å²) < 4.78 is 0. The number of nitrogens with two attached hydrogens (primary N) is 2. The topological polar surface area (TPSA) is 52.0 Å². The van der Waals surface area contributed by atoms with Crippen molar-refractivity contribution in [2.45, 2.75) is 19.8 Å². The molecule has 0 aliphatic heterocycles. The summed E-state index contributed by atoms with van der Waals surface area (Å²) in [6.07, 6.45) is 1.68. The van der Waals surface area contributed by atoms with Crippen molar-refractivity contribution >= 4 is 5.69 Å². The van der Waals surface area contributed by atoms with Gasteiger partial charge in [-0.25, -0.2) is 0 Å². The molecule has 0 unspecified atom stereocenters. The molecule has 0 bridgehead atoms. The minimum Gasteiger partial charge on any atom is -0.403 e. The quantitative estimate of drug-likeness (QED) is 0.692. The zero-order valence-corrected chi connectivity index (χ0v) is 8.01. The lowest BCUT2D eigenvalue weighted by atomic mass is 10.0. The summed E-state index contributed by atoms with van der Waals surface area (Å²) in [4.78, 5) is 0. The fraction of sp³-hybridized carbons (Fsp3) is 0.273. The highest BCUT2D eigenvalue weighted by atomic mass is 14.6. The molecule has 0 aliphatic rings. The van der Waals surface area contributed by atoms with Gasteiger partial charge in [-0.1, -0.05) is 18.7 Å². The molecule has 1 aromatic rings. The molecule has 0 amide bonds. The molecule has 1 aromatic carbocycles. The summed E-state index contributed by atoms with van der Waals surface area (Å²) in [7, 11) is 0. The van der Waals surface area contributed by atoms with Crippen molar-refractivity contribution in [3.8, 4) is 0 Å². The molecule has 13 heavy (non-hydrogen) atoms. The zero-order valence-electron chi connectivity index (χ0n) is 8.01. The first-order valence-corrected chi connectivity index (χ1v) is 4.38. The minimum atomic E-state index is 0.708. The van der Waals surface area contributed by atoms with Gasteiger partial charge in [0, 0.05) is 11.4 Å². The number of allylic oxidation sites excluding steroid dienone is 1. The number of hydrogen-bond donors (Lipinski definition) is 2. The number of hydrogen-bond acceptors (Lipinski definition) is 2. The monoisotopic (exact) mass is 176 g/mol. The summed E-state index contributed by atoms with van der Waals surface area (Å²) >= 11 is 0. The number of benzene rings is 1. The van der Waals surface area contributed by atoms with Crippen LogP contribution in [0.4, 0.5) is 5.69 Å². The number of aryl methyl sites for hydroxylation is 2. The Bertz CT molecular complexity index is 316. The van der Waals surface area contributed by atoms with Crippen molar-refractivity contribution in [2.24, 2.45) is 5.73 Å². The van der Waals surface area contributed by atoms with Gasteiger partial charge in [0.15, 0.2) is 0 Å². The maximum atomic E-state index is 5.84. The van der Waals surface area contributed by atoms with Gasteiger partial charge in [-0.2, -0.15) is 0 Å². The van der Waals surface area contributed by atoms with E-state index < -0.39 is 0 Å². The van der Waals surface area contributed by atoms with E-state index >= 15 is 0 Å². The van der Waals surface area contributed by atoms with Gasteiger partial charge >= 0.3 is 0 Å². The second-order valence-corrected chi connectivity index (χ2v) is 3.36. The molecule has 4 N–H and O–H groups in total. The predicted octanol–water partition coefficient (Wildman–Crippen LogP) is 1.98. The predicted molar refractivity (Wildman–Crippen MR) is 57.2 cm³/mol. The Balaban J connectivity index is 2.72. The first-order valence-electron chi connectivity index (χ1n) is 4.38. The average Bonchev–Trinajstić information content (AvgIpc) is 2.02. The highest BCUT2D eigenvalue weighted by Crippen LogP contribution is 2.16. The standard InChI is InChI=1S/C11H16N2/c1-8-3-5-10(11(13)7-8)6-4-9(2)12/h3,5,7H,2,4,6,12-13H2,1H3. The fourth-order valence-electron chi connectivity index (χ4n) is 1.24. The highest BCUT2D eigenvalue weighted by Gasteiger charge is 1.99. The maximum Gasteiger partial charge on any atom is 0.0349 e. The van der Waals surface area contributed by atoms with Crippen LogP contribution in [0.15, 0.2) is 30.5 Å². The van der Waals surface area contributed by atoms with Crippen LogP contribution in [-0.2, 0) is 6.42 Å². The Morgan fingerprint density at radius 1 is 1.46 bits per heavy atom. The molecule has 0 aliphatic carbocycles. The summed E-state index contributed by atoms with van der Waals surface area (Å²) in [6.45, 7) is 5.68. The molecule has 0 saturated carbocycles. The molecule has 0 heterocycles. The molecule has 0 fully saturated rings. The third kappa shape index (κ3) is 2.82. The van der Waals surface area contributed by atoms with E-state index in [-0.39, 0.29) is 0 Å². The third-order valence-corrected chi connectivity index (χ3v) is 2.02. The van der Waals surface area contributed by atoms with Gasteiger partial charge in [0.25, 0.3) is 0 Å². The van der Waals surface area contributed by atoms with Gasteiger partial charge in [-0.05, 0) is 37.0 Å². The highest BCUT2D eigenvalue weighted by molar-refractivity contribution is 5.49. The van der Waals surface area contributed by atoms with Crippen LogP contribution in [0.1, 0.15) is 17.5 Å². The molecule has 2 heteroatoms. The lowest BCUT2D eigenvalue weighted by Crippen LogP contribution is -2.00. The number of nitrogen functional groups attached to an aromatic ring is 1. The van der Waals surface area contributed by atoms with Gasteiger partial charge in [-0.15, -0.1) is 0 Å². The summed E-state index contributed by atoms with van der Waals surface area (Å²) in [5.41, 5.74) is 15.2. The summed E-state index contributed by atoms with van der Waals surface area (Å²) in [6, 6.07) is 6.09. The Morgan fingerprint density at radius 2 is 2.15 bits per heavy atom. The van der Waals surface area contributed by atoms with Crippen molar-refractivity contribution in [1.29, 1.82) is 0 Å². The van der Waals surface area contributed by atoms with Crippen LogP contribution in [0.5, 0.6) is 0 Å². The molecule has 0 spiro atoms. The van der Waals surface area contributed by atoms with E-state index in [1.807, 2.05) is 19.1 Å². The van der Waals surface area contributed by atoms with E-state index in [1.165, 1.54) is 5.56 Å². The van der Waals surface area contributed by atoms with Gasteiger partial charge in [0.05, 0.1) is 0 Å². The van der Waals surface area contributed by atoms with E-state index in [2.05, 4.69) is 12.6 Å². The van der Waals surface area contributed by atoms with Gasteiger partial charge < -0.3 is 11.5 Å². The second-order valence-electron chi connectivity index (χ2n) is 3.36. The molecule has 0 atom stereocenters. The summed E-state index contributed by atoms with van der Waals surface area (Å²) in [5, 5.41) is 0. The Kier molecular flexibility index (Phi) is 2.96. The Morgan fingerprint density at radius 3 is 2.69 bits per heavy atom. The Hall–Kier alpha value is -1.44. The van der Waals surface area contributed by atoms with E-state index in [4.69, 9.17) is 11.5 Å². The van der Waals surface area contributed by atoms with E-state index in [9.17, 15) is 0 Å². The zero-order chi connectivity index (χ0) is 9.84. The smallest absolute Gasteiger partial charge is 0.0349 e. The second kappa shape index (κ2) is 3.99. The number of rotatable bonds is 3. The lowest BCUT2D eigenvalue weighted by molar-refractivity contribution is 0.933. The van der Waals surface area contributed by atoms with Crippen LogP contribution < -0.4 is 11.5 Å². The maximum absolute atomic E-state index is 5.84. The molecular formula is C11H16N2. The van der Waals surface area contributed by atoms with E-state index in [0.717, 1.165) is 24.1 Å². The van der Waals surface area contributed by atoms with Crippen molar-refractivity contribution in [3.63, 3.8) is 0 Å². The van der Waals surface area contributed by atoms with Crippen molar-refractivity contribution in [1.82, 2.24) is 0 Å². The molecule has 70 valence electrons. The minimum absolute atomic E-state index is 0.708. The van der Waals surface area contributed by atoms with Gasteiger partial charge in [0.1, 0.15) is 0 Å². The third-order valence-electron chi connectivity index (χ3n) is 2.02. The average molecular weight is 176 g/mol. The number of anilines is 1. The van der Waals surface area contributed by atoms with Gasteiger partial charge in [0.2, 0.25) is 0 Å². The van der Waals surface area contributed by atoms with Gasteiger partial charge in [-0.3, -0.25) is 0 Å². The van der Waals surface area contributed by atoms with E-state index in [1.54, 1.807) is 0 Å². The molecular weight excluding hydrogens is 160 g/mol. The molecule has 1 rings (SSSR count). The SMILES string of the molecule is C=C(N)CCc1ccc(C)cc1N. The van der Waals surface area contributed by atoms with Crippen LogP contribution in [-0.4, -0.2) is 0 Å². The molecule has 2 nitrogen and oxygen atoms in total.